The number of likely N-dealkylation sites (tertiary alicyclic amines) is 2. The van der Waals surface area contributed by atoms with E-state index in [9.17, 15) is 29.7 Å². The van der Waals surface area contributed by atoms with Crippen LogP contribution in [0.3, 0.4) is 0 Å². The van der Waals surface area contributed by atoms with Gasteiger partial charge in [0.25, 0.3) is 0 Å². The van der Waals surface area contributed by atoms with Gasteiger partial charge >= 0.3 is 11.9 Å². The first-order valence-electron chi connectivity index (χ1n) is 24.6. The number of hydrogen-bond donors (Lipinski definition) is 3. The van der Waals surface area contributed by atoms with Gasteiger partial charge in [0.15, 0.2) is 34.9 Å². The highest BCUT2D eigenvalue weighted by molar-refractivity contribution is 7.27. The number of rotatable bonds is 12. The maximum absolute atomic E-state index is 13.5. The van der Waals surface area contributed by atoms with Crippen LogP contribution in [0.4, 0.5) is 0 Å². The quantitative estimate of drug-likeness (QED) is 0.103. The molecule has 12 nitrogen and oxygen atoms in total. The lowest BCUT2D eigenvalue weighted by molar-refractivity contribution is -0.205. The topological polar surface area (TPSA) is 155 Å². The molecular weight excluding hydrogens is 877 g/mol. The molecule has 0 radical (unpaired) electrons. The van der Waals surface area contributed by atoms with Crippen LogP contribution >= 0.6 is 22.7 Å². The Labute approximate surface area is 391 Å². The molecular formula is C52H56N2O10S2. The third kappa shape index (κ3) is 5.52. The predicted molar refractivity (Wildman–Crippen MR) is 245 cm³/mol. The number of fused-ring (bicyclic) bond motifs is 3. The lowest BCUT2D eigenvalue weighted by Crippen LogP contribution is -2.76. The van der Waals surface area contributed by atoms with Crippen molar-refractivity contribution < 1.29 is 48.7 Å². The summed E-state index contributed by atoms with van der Waals surface area (Å²) in [7, 11) is 0. The Morgan fingerprint density at radius 3 is 2.17 bits per heavy atom. The van der Waals surface area contributed by atoms with Gasteiger partial charge in [0.2, 0.25) is 0 Å². The number of aliphatic hydroxyl groups excluding tert-OH is 1. The summed E-state index contributed by atoms with van der Waals surface area (Å²) in [5.41, 5.74) is 0.374. The number of Topliss-reactive ketones (excluding diaryl/α,β-unsaturated/α-hetero) is 1. The summed E-state index contributed by atoms with van der Waals surface area (Å²) in [5.74, 6) is 2.32. The number of ketones is 1. The Morgan fingerprint density at radius 2 is 1.47 bits per heavy atom. The fourth-order valence-corrected chi connectivity index (χ4v) is 17.4. The molecule has 66 heavy (non-hydrogen) atoms. The number of aryl methyl sites for hydroxylation is 2. The van der Waals surface area contributed by atoms with E-state index in [1.165, 1.54) is 25.7 Å². The number of hydrogen-bond acceptors (Lipinski definition) is 14. The monoisotopic (exact) mass is 932 g/mol. The average Bonchev–Trinajstić information content (AvgIpc) is 4.09. The summed E-state index contributed by atoms with van der Waals surface area (Å²) < 4.78 is 27.4. The van der Waals surface area contributed by atoms with Gasteiger partial charge < -0.3 is 34.3 Å². The van der Waals surface area contributed by atoms with Gasteiger partial charge in [-0.15, -0.1) is 22.7 Å². The highest BCUT2D eigenvalue weighted by atomic mass is 32.1. The zero-order valence-electron chi connectivity index (χ0n) is 37.2. The van der Waals surface area contributed by atoms with Crippen LogP contribution in [0, 0.1) is 11.8 Å². The molecule has 6 aliphatic carbocycles. The van der Waals surface area contributed by atoms with Gasteiger partial charge in [-0.05, 0) is 138 Å². The number of benzene rings is 2. The van der Waals surface area contributed by atoms with E-state index < -0.39 is 40.3 Å². The normalized spacial score (nSPS) is 36.5. The second-order valence-corrected chi connectivity index (χ2v) is 24.1. The summed E-state index contributed by atoms with van der Waals surface area (Å²) in [5, 5.41) is 36.5. The summed E-state index contributed by atoms with van der Waals surface area (Å²) in [6.07, 6.45) is 8.00. The zero-order chi connectivity index (χ0) is 44.6. The van der Waals surface area contributed by atoms with Crippen molar-refractivity contribution in [2.24, 2.45) is 11.8 Å². The van der Waals surface area contributed by atoms with Crippen molar-refractivity contribution in [2.75, 3.05) is 19.6 Å². The Bertz CT molecular complexity index is 2750. The minimum Gasteiger partial charge on any atom is -0.482 e. The van der Waals surface area contributed by atoms with E-state index >= 15 is 0 Å². The number of thiophene rings is 2. The highest BCUT2D eigenvalue weighted by Gasteiger charge is 2.76. The molecule has 10 atom stereocenters. The second-order valence-electron chi connectivity index (χ2n) is 21.7. The van der Waals surface area contributed by atoms with Gasteiger partial charge in [0.1, 0.15) is 6.10 Å². The Hall–Kier alpha value is -3.89. The standard InChI is InChI=1S/C52H56N2O10S2/c1-26-51(59)16-14-35(56)48-50(51)23-33(54(26)25-28-4-5-28)32-9-11-37(46(64-48)44(32)50)62-42(58)13-8-31-22-39-38(66-31)21-30(65-39)7-12-41(57)61-36-10-6-29-20-40-52(60)17-15-34(55)47-49(52,43(29)45(36)63-47)18-19-53(40)24-27-2-3-27/h6,9-11,21-22,26-28,33,35,40,47-48,56,59-60H,2-5,7-8,12-20,23-25H2,1H3/t26-,33?,35?,40-,47+,48+,49+,50+,51-,52-/m1/s1. The second kappa shape index (κ2) is 14.1. The Morgan fingerprint density at radius 1 is 0.803 bits per heavy atom. The Kier molecular flexibility index (Phi) is 8.79. The van der Waals surface area contributed by atoms with Gasteiger partial charge in [-0.2, -0.15) is 0 Å². The van der Waals surface area contributed by atoms with Crippen LogP contribution in [0.15, 0.2) is 36.4 Å². The summed E-state index contributed by atoms with van der Waals surface area (Å²) in [6, 6.07) is 12.0. The molecule has 4 bridgehead atoms. The SMILES string of the molecule is C[C@H]1N(CC2CC2)C2C[C@]34c5c2ccc(OC(=O)CCc2cc6sc(CCC(=O)Oc7ccc8c9c7O[C@H]7C(=O)CC[C@@]%10(O)[C@@H](C8)N(CC8CC8)CC[C@]97%10)cc6s2)c5O[C@H]3C(O)CC[C@@]14O. The molecule has 10 aliphatic rings. The number of aliphatic hydroxyl groups is 3. The third-order valence-corrected chi connectivity index (χ3v) is 20.8. The maximum Gasteiger partial charge on any atom is 0.311 e. The van der Waals surface area contributed by atoms with Crippen molar-refractivity contribution in [3.63, 3.8) is 0 Å². The van der Waals surface area contributed by atoms with Crippen molar-refractivity contribution in [1.29, 1.82) is 0 Å². The molecule has 346 valence electrons. The van der Waals surface area contributed by atoms with E-state index in [4.69, 9.17) is 18.9 Å². The molecule has 6 heterocycles. The first kappa shape index (κ1) is 41.1. The predicted octanol–water partition coefficient (Wildman–Crippen LogP) is 6.62. The van der Waals surface area contributed by atoms with Crippen molar-refractivity contribution >= 4 is 49.8 Å². The molecule has 14 heteroatoms. The minimum atomic E-state index is -1.07. The number of piperidine rings is 2. The molecule has 4 aromatic rings. The van der Waals surface area contributed by atoms with Crippen molar-refractivity contribution in [3.8, 4) is 23.0 Å². The fourth-order valence-electron chi connectivity index (χ4n) is 14.9. The van der Waals surface area contributed by atoms with Crippen molar-refractivity contribution in [3.05, 3.63) is 68.4 Å². The molecule has 4 saturated carbocycles. The third-order valence-electron chi connectivity index (χ3n) is 18.4. The lowest BCUT2D eigenvalue weighted by atomic mass is 9.49. The first-order chi connectivity index (χ1) is 31.9. The number of carbonyl (C=O) groups is 3. The van der Waals surface area contributed by atoms with Crippen LogP contribution in [0.5, 0.6) is 23.0 Å². The molecule has 14 rings (SSSR count). The van der Waals surface area contributed by atoms with Crippen molar-refractivity contribution in [1.82, 2.24) is 9.80 Å². The lowest BCUT2D eigenvalue weighted by Gasteiger charge is -2.62. The summed E-state index contributed by atoms with van der Waals surface area (Å²) in [6.45, 7) is 4.92. The van der Waals surface area contributed by atoms with E-state index in [0.29, 0.717) is 86.2 Å². The van der Waals surface area contributed by atoms with Crippen LogP contribution in [-0.2, 0) is 44.5 Å². The van der Waals surface area contributed by atoms with Gasteiger partial charge in [-0.25, -0.2) is 0 Å². The summed E-state index contributed by atoms with van der Waals surface area (Å²) in [4.78, 5) is 47.6. The zero-order valence-corrected chi connectivity index (χ0v) is 38.9. The van der Waals surface area contributed by atoms with E-state index in [2.05, 4.69) is 34.9 Å². The minimum absolute atomic E-state index is 0.0191. The largest absolute Gasteiger partial charge is 0.482 e. The van der Waals surface area contributed by atoms with Crippen LogP contribution < -0.4 is 18.9 Å². The van der Waals surface area contributed by atoms with Crippen molar-refractivity contribution in [2.45, 2.75) is 162 Å². The van der Waals surface area contributed by atoms with Gasteiger partial charge in [-0.1, -0.05) is 12.1 Å². The van der Waals surface area contributed by atoms with Crippen LogP contribution in [0.2, 0.25) is 0 Å². The molecule has 2 aromatic heterocycles. The van der Waals surface area contributed by atoms with Gasteiger partial charge in [0, 0.05) is 67.9 Å². The van der Waals surface area contributed by atoms with E-state index in [1.807, 2.05) is 18.2 Å². The fraction of sp³-hybridized carbons (Fsp3) is 0.596. The molecule has 3 N–H and O–H groups in total. The number of carbonyl (C=O) groups excluding carboxylic acids is 3. The van der Waals surface area contributed by atoms with E-state index in [-0.39, 0.29) is 55.1 Å². The molecule has 2 spiro atoms. The Balaban J connectivity index is 0.634. The molecule has 2 unspecified atom stereocenters. The number of nitrogens with zero attached hydrogens (tertiary/aromatic N) is 2. The molecule has 6 fully saturated rings. The van der Waals surface area contributed by atoms with Crippen LogP contribution in [0.25, 0.3) is 9.40 Å². The first-order valence-corrected chi connectivity index (χ1v) is 26.3. The molecule has 0 amide bonds. The summed E-state index contributed by atoms with van der Waals surface area (Å²) >= 11 is 3.28. The number of ether oxygens (including phenoxy) is 4. The van der Waals surface area contributed by atoms with E-state index in [1.54, 1.807) is 22.7 Å². The van der Waals surface area contributed by atoms with E-state index in [0.717, 1.165) is 61.0 Å². The highest BCUT2D eigenvalue weighted by Crippen LogP contribution is 2.71. The number of esters is 2. The maximum atomic E-state index is 13.5. The average molecular weight is 933 g/mol. The van der Waals surface area contributed by atoms with Crippen LogP contribution in [-0.4, -0.2) is 104 Å². The van der Waals surface area contributed by atoms with Gasteiger partial charge in [-0.3, -0.25) is 24.2 Å². The smallest absolute Gasteiger partial charge is 0.311 e. The van der Waals surface area contributed by atoms with Crippen LogP contribution in [0.1, 0.15) is 122 Å². The molecule has 2 aromatic carbocycles. The molecule has 4 aliphatic heterocycles. The molecule has 2 saturated heterocycles. The van der Waals surface area contributed by atoms with Gasteiger partial charge in [0.05, 0.1) is 41.0 Å².